The Kier molecular flexibility index (Phi) is 6.73. The first-order valence-corrected chi connectivity index (χ1v) is 8.14. The molecule has 7 heteroatoms. The molecule has 0 fully saturated rings. The van der Waals surface area contributed by atoms with Crippen molar-refractivity contribution in [3.05, 3.63) is 71.3 Å². The van der Waals surface area contributed by atoms with E-state index in [9.17, 15) is 14.7 Å². The van der Waals surface area contributed by atoms with E-state index in [1.807, 2.05) is 54.6 Å². The number of carboxylic acids is 1. The van der Waals surface area contributed by atoms with Gasteiger partial charge in [-0.05, 0) is 28.8 Å². The second kappa shape index (κ2) is 9.00. The predicted octanol–water partition coefficient (Wildman–Crippen LogP) is 3.05. The van der Waals surface area contributed by atoms with Gasteiger partial charge in [0.2, 0.25) is 5.91 Å². The molecule has 1 aliphatic rings. The van der Waals surface area contributed by atoms with Gasteiger partial charge in [-0.1, -0.05) is 47.6 Å². The number of para-hydroxylation sites is 1. The van der Waals surface area contributed by atoms with Gasteiger partial charge >= 0.3 is 5.97 Å². The van der Waals surface area contributed by atoms with Crippen LogP contribution in [0.1, 0.15) is 23.6 Å². The highest BCUT2D eigenvalue weighted by Gasteiger charge is 2.19. The molecule has 6 nitrogen and oxygen atoms in total. The Morgan fingerprint density at radius 3 is 2.70 bits per heavy atom. The van der Waals surface area contributed by atoms with Crippen molar-refractivity contribution in [2.75, 3.05) is 0 Å². The Morgan fingerprint density at radius 1 is 1.19 bits per heavy atom. The van der Waals surface area contributed by atoms with Crippen molar-refractivity contribution in [2.45, 2.75) is 19.4 Å². The van der Waals surface area contributed by atoms with Gasteiger partial charge in [-0.2, -0.15) is 0 Å². The molecule has 0 aromatic heterocycles. The quantitative estimate of drug-likeness (QED) is 0.826. The van der Waals surface area contributed by atoms with Crippen molar-refractivity contribution in [2.24, 2.45) is 5.16 Å². The fourth-order valence-electron chi connectivity index (χ4n) is 2.85. The smallest absolute Gasteiger partial charge is 0.326 e. The summed E-state index contributed by atoms with van der Waals surface area (Å²) in [7, 11) is 0. The fourth-order valence-corrected chi connectivity index (χ4v) is 2.85. The molecule has 0 radical (unpaired) electrons. The molecule has 140 valence electrons. The molecule has 27 heavy (non-hydrogen) atoms. The first kappa shape index (κ1) is 20.2. The summed E-state index contributed by atoms with van der Waals surface area (Å²) >= 11 is 0. The lowest BCUT2D eigenvalue weighted by Gasteiger charge is -2.15. The number of allylic oxidation sites excluding steroid dienone is 1. The van der Waals surface area contributed by atoms with E-state index in [2.05, 4.69) is 10.5 Å². The molecular formula is C20H19ClN2O4. The zero-order valence-electron chi connectivity index (χ0n) is 14.6. The number of nitrogens with one attached hydrogen (secondary N) is 1. The van der Waals surface area contributed by atoms with Crippen molar-refractivity contribution in [3.63, 3.8) is 0 Å². The van der Waals surface area contributed by atoms with Gasteiger partial charge in [-0.15, -0.1) is 12.4 Å². The highest BCUT2D eigenvalue weighted by Crippen LogP contribution is 2.32. The first-order chi connectivity index (χ1) is 12.5. The van der Waals surface area contributed by atoms with Crippen LogP contribution in [0.25, 0.3) is 5.57 Å². The Labute approximate surface area is 162 Å². The molecule has 1 amide bonds. The monoisotopic (exact) mass is 386 g/mol. The summed E-state index contributed by atoms with van der Waals surface area (Å²) in [4.78, 5) is 28.0. The van der Waals surface area contributed by atoms with E-state index in [1.54, 1.807) is 6.21 Å². The number of aliphatic carboxylic acids is 1. The normalized spacial score (nSPS) is 13.1. The van der Waals surface area contributed by atoms with Gasteiger partial charge in [0.1, 0.15) is 6.04 Å². The van der Waals surface area contributed by atoms with Gasteiger partial charge in [-0.3, -0.25) is 4.79 Å². The number of benzene rings is 2. The standard InChI is InChI=1S/C20H18N2O4.ClH/c1-13(23)22-18(20(24)25)12-14-5-4-6-15(11-14)16-9-10-21-26-19-8-3-2-7-17(16)19;/h2-11,18H,12H2,1H3,(H,22,23)(H,24,25);1H/t18-;/m0./s1. The summed E-state index contributed by atoms with van der Waals surface area (Å²) < 4.78 is 0. The van der Waals surface area contributed by atoms with Gasteiger partial charge in [0, 0.05) is 18.9 Å². The highest BCUT2D eigenvalue weighted by atomic mass is 35.5. The van der Waals surface area contributed by atoms with E-state index < -0.39 is 12.0 Å². The van der Waals surface area contributed by atoms with Crippen LogP contribution in [-0.4, -0.2) is 29.2 Å². The molecule has 0 saturated carbocycles. The van der Waals surface area contributed by atoms with E-state index >= 15 is 0 Å². The van der Waals surface area contributed by atoms with Gasteiger partial charge in [0.25, 0.3) is 0 Å². The van der Waals surface area contributed by atoms with E-state index in [-0.39, 0.29) is 24.7 Å². The summed E-state index contributed by atoms with van der Waals surface area (Å²) in [6.07, 6.45) is 3.63. The lowest BCUT2D eigenvalue weighted by atomic mass is 9.94. The average molecular weight is 387 g/mol. The molecular weight excluding hydrogens is 368 g/mol. The molecule has 3 rings (SSSR count). The molecule has 0 aliphatic carbocycles. The third-order valence-corrected chi connectivity index (χ3v) is 3.98. The Bertz CT molecular complexity index is 908. The van der Waals surface area contributed by atoms with E-state index in [4.69, 9.17) is 4.84 Å². The highest BCUT2D eigenvalue weighted by molar-refractivity contribution is 5.93. The summed E-state index contributed by atoms with van der Waals surface area (Å²) in [5.74, 6) is -0.785. The second-order valence-electron chi connectivity index (χ2n) is 5.92. The Balaban J connectivity index is 0.00000261. The number of carbonyl (C=O) groups is 2. The number of hydrogen-bond donors (Lipinski definition) is 2. The first-order valence-electron chi connectivity index (χ1n) is 8.14. The number of hydrogen-bond acceptors (Lipinski definition) is 4. The Morgan fingerprint density at radius 2 is 1.96 bits per heavy atom. The summed E-state index contributed by atoms with van der Waals surface area (Å²) in [5.41, 5.74) is 3.55. The van der Waals surface area contributed by atoms with Gasteiger partial charge in [0.15, 0.2) is 5.75 Å². The second-order valence-corrected chi connectivity index (χ2v) is 5.92. The van der Waals surface area contributed by atoms with Crippen LogP contribution < -0.4 is 10.2 Å². The molecule has 2 aromatic rings. The third kappa shape index (κ3) is 4.95. The molecule has 1 heterocycles. The van der Waals surface area contributed by atoms with Crippen LogP contribution in [0.5, 0.6) is 5.75 Å². The average Bonchev–Trinajstić information content (AvgIpc) is 2.83. The molecule has 2 N–H and O–H groups in total. The minimum Gasteiger partial charge on any atom is -0.480 e. The summed E-state index contributed by atoms with van der Waals surface area (Å²) in [5, 5.41) is 15.7. The maximum absolute atomic E-state index is 11.4. The number of fused-ring (bicyclic) bond motifs is 1. The zero-order valence-corrected chi connectivity index (χ0v) is 15.4. The lowest BCUT2D eigenvalue weighted by molar-refractivity contribution is -0.141. The number of carbonyl (C=O) groups excluding carboxylic acids is 1. The number of rotatable bonds is 5. The minimum atomic E-state index is -1.06. The summed E-state index contributed by atoms with van der Waals surface area (Å²) in [6, 6.07) is 14.2. The lowest BCUT2D eigenvalue weighted by Crippen LogP contribution is -2.41. The Hall–Kier alpha value is -3.12. The molecule has 0 spiro atoms. The SMILES string of the molecule is CC(=O)N[C@@H](Cc1cccc(C2=CC=NOc3ccccc32)c1)C(=O)O.Cl. The van der Waals surface area contributed by atoms with Gasteiger partial charge in [0.05, 0.1) is 6.21 Å². The predicted molar refractivity (Wildman–Crippen MR) is 105 cm³/mol. The maximum atomic E-state index is 11.4. The molecule has 1 atom stereocenters. The van der Waals surface area contributed by atoms with Crippen LogP contribution in [0.3, 0.4) is 0 Å². The van der Waals surface area contributed by atoms with E-state index in [0.29, 0.717) is 5.75 Å². The van der Waals surface area contributed by atoms with Crippen molar-refractivity contribution in [1.82, 2.24) is 5.32 Å². The molecule has 0 saturated heterocycles. The maximum Gasteiger partial charge on any atom is 0.326 e. The molecule has 0 bridgehead atoms. The van der Waals surface area contributed by atoms with Crippen LogP contribution >= 0.6 is 12.4 Å². The number of nitrogens with zero attached hydrogens (tertiary/aromatic N) is 1. The zero-order chi connectivity index (χ0) is 18.5. The summed E-state index contributed by atoms with van der Waals surface area (Å²) in [6.45, 7) is 1.30. The van der Waals surface area contributed by atoms with Crippen LogP contribution in [0.15, 0.2) is 59.8 Å². The van der Waals surface area contributed by atoms with Crippen LogP contribution in [0.4, 0.5) is 0 Å². The van der Waals surface area contributed by atoms with E-state index in [1.165, 1.54) is 6.92 Å². The fraction of sp³-hybridized carbons (Fsp3) is 0.150. The van der Waals surface area contributed by atoms with Crippen molar-refractivity contribution in [1.29, 1.82) is 0 Å². The van der Waals surface area contributed by atoms with Gasteiger partial charge < -0.3 is 15.3 Å². The number of amides is 1. The van der Waals surface area contributed by atoms with E-state index in [0.717, 1.165) is 22.3 Å². The van der Waals surface area contributed by atoms with Crippen molar-refractivity contribution < 1.29 is 19.5 Å². The topological polar surface area (TPSA) is 88.0 Å². The number of oxime groups is 1. The van der Waals surface area contributed by atoms with Crippen LogP contribution in [0, 0.1) is 0 Å². The number of halogens is 1. The molecule has 0 unspecified atom stereocenters. The van der Waals surface area contributed by atoms with Crippen molar-refractivity contribution in [3.8, 4) is 5.75 Å². The molecule has 2 aromatic carbocycles. The van der Waals surface area contributed by atoms with Crippen LogP contribution in [-0.2, 0) is 16.0 Å². The van der Waals surface area contributed by atoms with Crippen molar-refractivity contribution >= 4 is 36.1 Å². The minimum absolute atomic E-state index is 0. The van der Waals surface area contributed by atoms with Crippen LogP contribution in [0.2, 0.25) is 0 Å². The largest absolute Gasteiger partial charge is 0.480 e. The van der Waals surface area contributed by atoms with Gasteiger partial charge in [-0.25, -0.2) is 4.79 Å². The molecule has 1 aliphatic heterocycles. The third-order valence-electron chi connectivity index (χ3n) is 3.98. The number of carboxylic acid groups (broad SMARTS) is 1.